The highest BCUT2D eigenvalue weighted by Gasteiger charge is 2.49. The molecule has 0 spiro atoms. The monoisotopic (exact) mass is 321 g/mol. The first-order valence-electron chi connectivity index (χ1n) is 8.29. The van der Waals surface area contributed by atoms with Gasteiger partial charge >= 0.3 is 5.97 Å². The minimum atomic E-state index is -0.883. The summed E-state index contributed by atoms with van der Waals surface area (Å²) < 4.78 is 0. The second-order valence-corrected chi connectivity index (χ2v) is 6.70. The third-order valence-corrected chi connectivity index (χ3v) is 5.00. The predicted molar refractivity (Wildman–Crippen MR) is 89.9 cm³/mol. The smallest absolute Gasteiger partial charge is 0.313 e. The predicted octanol–water partition coefficient (Wildman–Crippen LogP) is 3.52. The molecular formula is C20H19NO3. The average Bonchev–Trinajstić information content (AvgIpc) is 3.40. The summed E-state index contributed by atoms with van der Waals surface area (Å²) in [5, 5.41) is 9.94. The van der Waals surface area contributed by atoms with E-state index < -0.39 is 17.9 Å². The molecule has 4 heteroatoms. The summed E-state index contributed by atoms with van der Waals surface area (Å²) in [7, 11) is 0. The molecule has 1 fully saturated rings. The summed E-state index contributed by atoms with van der Waals surface area (Å²) >= 11 is 0. The molecule has 1 heterocycles. The summed E-state index contributed by atoms with van der Waals surface area (Å²) in [5.41, 5.74) is 3.16. The van der Waals surface area contributed by atoms with E-state index in [-0.39, 0.29) is 11.9 Å². The van der Waals surface area contributed by atoms with Crippen LogP contribution in [0.5, 0.6) is 0 Å². The number of aryl methyl sites for hydroxylation is 1. The van der Waals surface area contributed by atoms with Gasteiger partial charge in [0.15, 0.2) is 0 Å². The Balaban J connectivity index is 1.91. The molecule has 1 N–H and O–H groups in total. The molecule has 4 nitrogen and oxygen atoms in total. The summed E-state index contributed by atoms with van der Waals surface area (Å²) in [4.78, 5) is 27.0. The number of carbonyl (C=O) groups is 2. The van der Waals surface area contributed by atoms with Crippen LogP contribution in [0.4, 0.5) is 0 Å². The zero-order valence-electron chi connectivity index (χ0n) is 13.5. The highest BCUT2D eigenvalue weighted by Crippen LogP contribution is 2.47. The highest BCUT2D eigenvalue weighted by molar-refractivity contribution is 6.00. The van der Waals surface area contributed by atoms with Crippen LogP contribution < -0.4 is 0 Å². The quantitative estimate of drug-likeness (QED) is 0.941. The number of hydrogen-bond acceptors (Lipinski definition) is 2. The number of carboxylic acid groups (broad SMARTS) is 1. The normalized spacial score (nSPS) is 23.0. The number of aliphatic carboxylic acids is 1. The third-order valence-electron chi connectivity index (χ3n) is 5.00. The van der Waals surface area contributed by atoms with Gasteiger partial charge < -0.3 is 10.0 Å². The SMILES string of the molecule is Cc1ccc(C2C(C(=O)O)c3ccccc3C(=O)N2C2CC2)cc1. The van der Waals surface area contributed by atoms with Crippen molar-refractivity contribution in [2.24, 2.45) is 0 Å². The Bertz CT molecular complexity index is 808. The van der Waals surface area contributed by atoms with Gasteiger partial charge in [-0.05, 0) is 37.0 Å². The van der Waals surface area contributed by atoms with Crippen molar-refractivity contribution in [2.75, 3.05) is 0 Å². The largest absolute Gasteiger partial charge is 0.481 e. The van der Waals surface area contributed by atoms with Gasteiger partial charge in [-0.1, -0.05) is 48.0 Å². The van der Waals surface area contributed by atoms with Gasteiger partial charge in [0, 0.05) is 11.6 Å². The summed E-state index contributed by atoms with van der Waals surface area (Å²) in [5.74, 6) is -1.66. The van der Waals surface area contributed by atoms with Crippen LogP contribution in [0.2, 0.25) is 0 Å². The van der Waals surface area contributed by atoms with E-state index in [2.05, 4.69) is 0 Å². The first kappa shape index (κ1) is 14.9. The number of amides is 1. The Morgan fingerprint density at radius 1 is 1.08 bits per heavy atom. The Morgan fingerprint density at radius 3 is 2.38 bits per heavy atom. The lowest BCUT2D eigenvalue weighted by Crippen LogP contribution is -2.46. The van der Waals surface area contributed by atoms with Gasteiger partial charge in [-0.2, -0.15) is 0 Å². The molecule has 0 aromatic heterocycles. The van der Waals surface area contributed by atoms with E-state index in [4.69, 9.17) is 0 Å². The molecule has 2 unspecified atom stereocenters. The van der Waals surface area contributed by atoms with Crippen LogP contribution in [-0.4, -0.2) is 27.9 Å². The molecule has 122 valence electrons. The Morgan fingerprint density at radius 2 is 1.75 bits per heavy atom. The second-order valence-electron chi connectivity index (χ2n) is 6.70. The fourth-order valence-electron chi connectivity index (χ4n) is 3.69. The number of rotatable bonds is 3. The molecule has 2 atom stereocenters. The van der Waals surface area contributed by atoms with E-state index >= 15 is 0 Å². The van der Waals surface area contributed by atoms with Crippen molar-refractivity contribution in [1.82, 2.24) is 4.90 Å². The zero-order chi connectivity index (χ0) is 16.8. The minimum Gasteiger partial charge on any atom is -0.481 e. The maximum absolute atomic E-state index is 13.1. The molecule has 2 aromatic carbocycles. The van der Waals surface area contributed by atoms with Crippen molar-refractivity contribution in [3.05, 3.63) is 70.8 Å². The number of carbonyl (C=O) groups excluding carboxylic acids is 1. The van der Waals surface area contributed by atoms with Crippen molar-refractivity contribution < 1.29 is 14.7 Å². The van der Waals surface area contributed by atoms with Crippen LogP contribution in [0, 0.1) is 6.92 Å². The minimum absolute atomic E-state index is 0.0452. The molecule has 0 bridgehead atoms. The molecule has 24 heavy (non-hydrogen) atoms. The van der Waals surface area contributed by atoms with E-state index in [0.717, 1.165) is 24.0 Å². The molecule has 1 aliphatic carbocycles. The highest BCUT2D eigenvalue weighted by atomic mass is 16.4. The van der Waals surface area contributed by atoms with Crippen molar-refractivity contribution >= 4 is 11.9 Å². The molecule has 1 amide bonds. The van der Waals surface area contributed by atoms with Gasteiger partial charge in [0.05, 0.1) is 6.04 Å². The number of carboxylic acids is 1. The van der Waals surface area contributed by atoms with E-state index in [9.17, 15) is 14.7 Å². The number of fused-ring (bicyclic) bond motifs is 1. The first-order valence-corrected chi connectivity index (χ1v) is 8.29. The number of nitrogens with zero attached hydrogens (tertiary/aromatic N) is 1. The Kier molecular flexibility index (Phi) is 3.41. The lowest BCUT2D eigenvalue weighted by molar-refractivity contribution is -0.140. The van der Waals surface area contributed by atoms with Gasteiger partial charge in [0.25, 0.3) is 5.91 Å². The Hall–Kier alpha value is -2.62. The summed E-state index contributed by atoms with van der Waals surface area (Å²) in [6.45, 7) is 2.00. The van der Waals surface area contributed by atoms with Crippen LogP contribution in [0.1, 0.15) is 51.8 Å². The van der Waals surface area contributed by atoms with Crippen LogP contribution in [0.3, 0.4) is 0 Å². The van der Waals surface area contributed by atoms with E-state index in [1.165, 1.54) is 0 Å². The molecule has 4 rings (SSSR count). The number of benzene rings is 2. The van der Waals surface area contributed by atoms with Gasteiger partial charge in [-0.25, -0.2) is 0 Å². The van der Waals surface area contributed by atoms with Crippen LogP contribution in [0.25, 0.3) is 0 Å². The molecule has 1 saturated carbocycles. The van der Waals surface area contributed by atoms with E-state index in [1.807, 2.05) is 36.1 Å². The van der Waals surface area contributed by atoms with E-state index in [1.54, 1.807) is 24.3 Å². The van der Waals surface area contributed by atoms with Crippen molar-refractivity contribution in [1.29, 1.82) is 0 Å². The fraction of sp³-hybridized carbons (Fsp3) is 0.300. The number of hydrogen-bond donors (Lipinski definition) is 1. The van der Waals surface area contributed by atoms with Crippen LogP contribution in [-0.2, 0) is 4.79 Å². The molecule has 2 aromatic rings. The lowest BCUT2D eigenvalue weighted by atomic mass is 9.79. The topological polar surface area (TPSA) is 57.6 Å². The average molecular weight is 321 g/mol. The lowest BCUT2D eigenvalue weighted by Gasteiger charge is -2.41. The van der Waals surface area contributed by atoms with Crippen molar-refractivity contribution in [2.45, 2.75) is 37.8 Å². The molecule has 2 aliphatic rings. The molecular weight excluding hydrogens is 302 g/mol. The van der Waals surface area contributed by atoms with Gasteiger partial charge in [-0.3, -0.25) is 9.59 Å². The molecule has 0 radical (unpaired) electrons. The standard InChI is InChI=1S/C20H19NO3/c1-12-6-8-13(9-7-12)18-17(20(23)24)15-4-2-3-5-16(15)19(22)21(18)14-10-11-14/h2-9,14,17-18H,10-11H2,1H3,(H,23,24). The van der Waals surface area contributed by atoms with E-state index in [0.29, 0.717) is 11.1 Å². The van der Waals surface area contributed by atoms with Crippen molar-refractivity contribution in [3.8, 4) is 0 Å². The molecule has 1 aliphatic heterocycles. The van der Waals surface area contributed by atoms with Crippen LogP contribution >= 0.6 is 0 Å². The first-order chi connectivity index (χ1) is 11.6. The van der Waals surface area contributed by atoms with Gasteiger partial charge in [0.2, 0.25) is 0 Å². The second kappa shape index (κ2) is 5.48. The zero-order valence-corrected chi connectivity index (χ0v) is 13.5. The maximum Gasteiger partial charge on any atom is 0.313 e. The van der Waals surface area contributed by atoms with Crippen molar-refractivity contribution in [3.63, 3.8) is 0 Å². The molecule has 0 saturated heterocycles. The van der Waals surface area contributed by atoms with Gasteiger partial charge in [0.1, 0.15) is 5.92 Å². The van der Waals surface area contributed by atoms with Gasteiger partial charge in [-0.15, -0.1) is 0 Å². The summed E-state index contributed by atoms with van der Waals surface area (Å²) in [6.07, 6.45) is 1.89. The van der Waals surface area contributed by atoms with Crippen LogP contribution in [0.15, 0.2) is 48.5 Å². The maximum atomic E-state index is 13.1. The fourth-order valence-corrected chi connectivity index (χ4v) is 3.69. The third kappa shape index (κ3) is 2.30. The summed E-state index contributed by atoms with van der Waals surface area (Å²) in [6, 6.07) is 14.7. The Labute approximate surface area is 140 Å².